The SMILES string of the molecule is CC(C)COc1ccc(C(=O)N2CC(CO)C2)cc1. The molecule has 1 heterocycles. The molecule has 1 aromatic carbocycles. The number of benzene rings is 1. The fourth-order valence-corrected chi connectivity index (χ4v) is 1.99. The largest absolute Gasteiger partial charge is 0.493 e. The molecule has 19 heavy (non-hydrogen) atoms. The Morgan fingerprint density at radius 1 is 1.37 bits per heavy atom. The van der Waals surface area contributed by atoms with E-state index in [1.807, 2.05) is 12.1 Å². The molecular formula is C15H21NO3. The number of aliphatic hydroxyl groups is 1. The Morgan fingerprint density at radius 2 is 2.00 bits per heavy atom. The molecule has 0 unspecified atom stereocenters. The minimum Gasteiger partial charge on any atom is -0.493 e. The van der Waals surface area contributed by atoms with Gasteiger partial charge < -0.3 is 14.7 Å². The molecular weight excluding hydrogens is 242 g/mol. The molecule has 0 aromatic heterocycles. The van der Waals surface area contributed by atoms with E-state index < -0.39 is 0 Å². The van der Waals surface area contributed by atoms with Crippen LogP contribution in [-0.4, -0.2) is 42.2 Å². The fourth-order valence-electron chi connectivity index (χ4n) is 1.99. The molecule has 1 N–H and O–H groups in total. The van der Waals surface area contributed by atoms with Gasteiger partial charge in [-0.1, -0.05) is 13.8 Å². The summed E-state index contributed by atoms with van der Waals surface area (Å²) in [6, 6.07) is 7.26. The molecule has 1 aliphatic heterocycles. The first kappa shape index (κ1) is 13.9. The van der Waals surface area contributed by atoms with Crippen LogP contribution in [0.25, 0.3) is 0 Å². The smallest absolute Gasteiger partial charge is 0.253 e. The summed E-state index contributed by atoms with van der Waals surface area (Å²) in [5.41, 5.74) is 0.674. The van der Waals surface area contributed by atoms with Crippen LogP contribution in [0.2, 0.25) is 0 Å². The van der Waals surface area contributed by atoms with Crippen molar-refractivity contribution in [1.82, 2.24) is 4.90 Å². The monoisotopic (exact) mass is 263 g/mol. The molecule has 0 bridgehead atoms. The summed E-state index contributed by atoms with van der Waals surface area (Å²) in [6.07, 6.45) is 0. The number of ether oxygens (including phenoxy) is 1. The molecule has 1 saturated heterocycles. The van der Waals surface area contributed by atoms with Crippen molar-refractivity contribution >= 4 is 5.91 Å². The predicted molar refractivity (Wildman–Crippen MR) is 73.3 cm³/mol. The Hall–Kier alpha value is -1.55. The summed E-state index contributed by atoms with van der Waals surface area (Å²) in [6.45, 7) is 6.34. The van der Waals surface area contributed by atoms with Gasteiger partial charge in [-0.3, -0.25) is 4.79 Å². The number of hydrogen-bond acceptors (Lipinski definition) is 3. The maximum atomic E-state index is 12.1. The first-order valence-electron chi connectivity index (χ1n) is 6.73. The van der Waals surface area contributed by atoms with Crippen molar-refractivity contribution in [2.45, 2.75) is 13.8 Å². The van der Waals surface area contributed by atoms with Crippen LogP contribution >= 0.6 is 0 Å². The molecule has 0 atom stereocenters. The summed E-state index contributed by atoms with van der Waals surface area (Å²) in [5.74, 6) is 1.55. The van der Waals surface area contributed by atoms with Gasteiger partial charge in [-0.15, -0.1) is 0 Å². The van der Waals surface area contributed by atoms with Crippen LogP contribution in [-0.2, 0) is 0 Å². The van der Waals surface area contributed by atoms with E-state index in [0.717, 1.165) is 5.75 Å². The lowest BCUT2D eigenvalue weighted by molar-refractivity contribution is 0.0362. The standard InChI is InChI=1S/C15H21NO3/c1-11(2)10-19-14-5-3-13(4-6-14)15(18)16-7-12(8-16)9-17/h3-6,11-12,17H,7-10H2,1-2H3. The van der Waals surface area contributed by atoms with Gasteiger partial charge in [-0.2, -0.15) is 0 Å². The molecule has 1 fully saturated rings. The number of carbonyl (C=O) groups is 1. The highest BCUT2D eigenvalue weighted by molar-refractivity contribution is 5.94. The Morgan fingerprint density at radius 3 is 2.53 bits per heavy atom. The fraction of sp³-hybridized carbons (Fsp3) is 0.533. The van der Waals surface area contributed by atoms with Gasteiger partial charge >= 0.3 is 0 Å². The lowest BCUT2D eigenvalue weighted by Gasteiger charge is -2.38. The molecule has 1 aliphatic rings. The van der Waals surface area contributed by atoms with Crippen LogP contribution in [0.5, 0.6) is 5.75 Å². The van der Waals surface area contributed by atoms with E-state index in [-0.39, 0.29) is 18.4 Å². The van der Waals surface area contributed by atoms with Crippen molar-refractivity contribution in [2.75, 3.05) is 26.3 Å². The Bertz CT molecular complexity index is 422. The quantitative estimate of drug-likeness (QED) is 0.881. The maximum Gasteiger partial charge on any atom is 0.253 e. The third kappa shape index (κ3) is 3.47. The van der Waals surface area contributed by atoms with E-state index in [4.69, 9.17) is 9.84 Å². The number of carbonyl (C=O) groups excluding carboxylic acids is 1. The van der Waals surface area contributed by atoms with Crippen molar-refractivity contribution in [1.29, 1.82) is 0 Å². The second-order valence-electron chi connectivity index (χ2n) is 5.49. The van der Waals surface area contributed by atoms with E-state index in [9.17, 15) is 4.79 Å². The molecule has 1 amide bonds. The zero-order valence-electron chi connectivity index (χ0n) is 11.5. The Kier molecular flexibility index (Phi) is 4.43. The van der Waals surface area contributed by atoms with E-state index >= 15 is 0 Å². The van der Waals surface area contributed by atoms with Gasteiger partial charge in [0.1, 0.15) is 5.75 Å². The minimum atomic E-state index is 0.0279. The molecule has 1 aromatic rings. The molecule has 0 radical (unpaired) electrons. The minimum absolute atomic E-state index is 0.0279. The van der Waals surface area contributed by atoms with Crippen LogP contribution < -0.4 is 4.74 Å². The summed E-state index contributed by atoms with van der Waals surface area (Å²) < 4.78 is 5.58. The highest BCUT2D eigenvalue weighted by atomic mass is 16.5. The van der Waals surface area contributed by atoms with Crippen molar-refractivity contribution in [3.8, 4) is 5.75 Å². The lowest BCUT2D eigenvalue weighted by Crippen LogP contribution is -2.51. The maximum absolute atomic E-state index is 12.1. The Balaban J connectivity index is 1.89. The van der Waals surface area contributed by atoms with Crippen molar-refractivity contribution < 1.29 is 14.6 Å². The highest BCUT2D eigenvalue weighted by Crippen LogP contribution is 2.20. The molecule has 4 nitrogen and oxygen atoms in total. The normalized spacial score (nSPS) is 15.5. The van der Waals surface area contributed by atoms with Crippen LogP contribution in [0.3, 0.4) is 0 Å². The highest BCUT2D eigenvalue weighted by Gasteiger charge is 2.30. The zero-order chi connectivity index (χ0) is 13.8. The molecule has 2 rings (SSSR count). The van der Waals surface area contributed by atoms with E-state index in [1.54, 1.807) is 17.0 Å². The number of rotatable bonds is 5. The average molecular weight is 263 g/mol. The summed E-state index contributed by atoms with van der Waals surface area (Å²) in [4.78, 5) is 13.8. The number of aliphatic hydroxyl groups excluding tert-OH is 1. The van der Waals surface area contributed by atoms with E-state index in [0.29, 0.717) is 31.2 Å². The van der Waals surface area contributed by atoms with Gasteiger partial charge in [0.2, 0.25) is 0 Å². The van der Waals surface area contributed by atoms with Gasteiger partial charge in [0.05, 0.1) is 6.61 Å². The van der Waals surface area contributed by atoms with Crippen LogP contribution in [0, 0.1) is 11.8 Å². The summed E-state index contributed by atoms with van der Waals surface area (Å²) in [7, 11) is 0. The summed E-state index contributed by atoms with van der Waals surface area (Å²) >= 11 is 0. The predicted octanol–water partition coefficient (Wildman–Crippen LogP) is 1.79. The van der Waals surface area contributed by atoms with Gasteiger partial charge in [-0.25, -0.2) is 0 Å². The molecule has 0 saturated carbocycles. The van der Waals surface area contributed by atoms with Gasteiger partial charge in [0.15, 0.2) is 0 Å². The van der Waals surface area contributed by atoms with Crippen LogP contribution in [0.4, 0.5) is 0 Å². The molecule has 104 valence electrons. The second-order valence-corrected chi connectivity index (χ2v) is 5.49. The zero-order valence-corrected chi connectivity index (χ0v) is 11.5. The topological polar surface area (TPSA) is 49.8 Å². The Labute approximate surface area is 114 Å². The third-order valence-corrected chi connectivity index (χ3v) is 3.19. The van der Waals surface area contributed by atoms with Crippen molar-refractivity contribution in [2.24, 2.45) is 11.8 Å². The van der Waals surface area contributed by atoms with Gasteiger partial charge in [-0.05, 0) is 30.2 Å². The van der Waals surface area contributed by atoms with Crippen LogP contribution in [0.15, 0.2) is 24.3 Å². The van der Waals surface area contributed by atoms with E-state index in [2.05, 4.69) is 13.8 Å². The van der Waals surface area contributed by atoms with Gasteiger partial charge in [0, 0.05) is 31.2 Å². The summed E-state index contributed by atoms with van der Waals surface area (Å²) in [5, 5.41) is 8.94. The average Bonchev–Trinajstić information content (AvgIpc) is 2.35. The number of likely N-dealkylation sites (tertiary alicyclic amines) is 1. The molecule has 4 heteroatoms. The second kappa shape index (κ2) is 6.06. The first-order chi connectivity index (χ1) is 9.10. The molecule has 0 spiro atoms. The number of nitrogens with zero attached hydrogens (tertiary/aromatic N) is 1. The van der Waals surface area contributed by atoms with Crippen molar-refractivity contribution in [3.63, 3.8) is 0 Å². The third-order valence-electron chi connectivity index (χ3n) is 3.19. The first-order valence-corrected chi connectivity index (χ1v) is 6.73. The lowest BCUT2D eigenvalue weighted by atomic mass is 10.00. The number of amides is 1. The van der Waals surface area contributed by atoms with Crippen molar-refractivity contribution in [3.05, 3.63) is 29.8 Å². The molecule has 0 aliphatic carbocycles. The van der Waals surface area contributed by atoms with Crippen LogP contribution in [0.1, 0.15) is 24.2 Å². The number of hydrogen-bond donors (Lipinski definition) is 1. The van der Waals surface area contributed by atoms with Gasteiger partial charge in [0.25, 0.3) is 5.91 Å². The van der Waals surface area contributed by atoms with E-state index in [1.165, 1.54) is 0 Å².